The number of halogens is 1. The van der Waals surface area contributed by atoms with Crippen LogP contribution in [0.2, 0.25) is 0 Å². The molecular weight excluding hydrogens is 348 g/mol. The van der Waals surface area contributed by atoms with Gasteiger partial charge in [0.1, 0.15) is 4.21 Å². The highest BCUT2D eigenvalue weighted by molar-refractivity contribution is 9.11. The van der Waals surface area contributed by atoms with Gasteiger partial charge in [-0.3, -0.25) is 0 Å². The Morgan fingerprint density at radius 3 is 2.47 bits per heavy atom. The summed E-state index contributed by atoms with van der Waals surface area (Å²) in [5, 5.41) is 0. The molecule has 19 heavy (non-hydrogen) atoms. The van der Waals surface area contributed by atoms with E-state index < -0.39 is 10.0 Å². The summed E-state index contributed by atoms with van der Waals surface area (Å²) < 4.78 is 27.9. The number of thiophene rings is 1. The molecule has 7 heteroatoms. The summed E-state index contributed by atoms with van der Waals surface area (Å²) in [7, 11) is -3.42. The van der Waals surface area contributed by atoms with E-state index in [2.05, 4.69) is 15.9 Å². The predicted octanol–water partition coefficient (Wildman–Crippen LogP) is 2.90. The van der Waals surface area contributed by atoms with E-state index in [0.717, 1.165) is 10.2 Å². The van der Waals surface area contributed by atoms with Crippen molar-refractivity contribution in [3.63, 3.8) is 0 Å². The highest BCUT2D eigenvalue weighted by Gasteiger charge is 2.30. The van der Waals surface area contributed by atoms with E-state index in [0.29, 0.717) is 23.8 Å². The Morgan fingerprint density at radius 1 is 1.42 bits per heavy atom. The molecule has 0 unspecified atom stereocenters. The van der Waals surface area contributed by atoms with E-state index in [1.165, 1.54) is 15.6 Å². The van der Waals surface area contributed by atoms with Crippen LogP contribution in [-0.4, -0.2) is 32.4 Å². The van der Waals surface area contributed by atoms with Crippen LogP contribution >= 0.6 is 27.3 Å². The van der Waals surface area contributed by atoms with Gasteiger partial charge in [0.25, 0.3) is 10.0 Å². The van der Waals surface area contributed by atoms with Gasteiger partial charge in [0.05, 0.1) is 3.79 Å². The SMILES string of the molecule is CCCN(CC(C)(C)CN)S(=O)(=O)c1ccc(Br)s1. The van der Waals surface area contributed by atoms with Crippen molar-refractivity contribution >= 4 is 37.3 Å². The third-order valence-electron chi connectivity index (χ3n) is 2.77. The van der Waals surface area contributed by atoms with E-state index in [-0.39, 0.29) is 5.41 Å². The van der Waals surface area contributed by atoms with Gasteiger partial charge in [-0.15, -0.1) is 11.3 Å². The molecule has 0 aliphatic carbocycles. The van der Waals surface area contributed by atoms with Crippen LogP contribution in [0.15, 0.2) is 20.1 Å². The van der Waals surface area contributed by atoms with Gasteiger partial charge in [0.15, 0.2) is 0 Å². The molecule has 0 radical (unpaired) electrons. The minimum Gasteiger partial charge on any atom is -0.330 e. The van der Waals surface area contributed by atoms with Crippen LogP contribution in [0.5, 0.6) is 0 Å². The Labute approximate surface area is 128 Å². The number of sulfonamides is 1. The maximum atomic E-state index is 12.6. The van der Waals surface area contributed by atoms with Gasteiger partial charge in [-0.2, -0.15) is 4.31 Å². The zero-order chi connectivity index (χ0) is 14.7. The maximum Gasteiger partial charge on any atom is 0.252 e. The van der Waals surface area contributed by atoms with Gasteiger partial charge in [0, 0.05) is 13.1 Å². The first kappa shape index (κ1) is 17.1. The molecule has 4 nitrogen and oxygen atoms in total. The molecule has 2 N–H and O–H groups in total. The van der Waals surface area contributed by atoms with E-state index >= 15 is 0 Å². The molecule has 0 bridgehead atoms. The molecule has 0 aliphatic rings. The minimum absolute atomic E-state index is 0.225. The Morgan fingerprint density at radius 2 is 2.05 bits per heavy atom. The average molecular weight is 369 g/mol. The molecule has 0 saturated carbocycles. The Kier molecular flexibility index (Phi) is 6.00. The number of hydrogen-bond acceptors (Lipinski definition) is 4. The number of rotatable bonds is 7. The van der Waals surface area contributed by atoms with Crippen LogP contribution in [0.3, 0.4) is 0 Å². The zero-order valence-electron chi connectivity index (χ0n) is 11.5. The van der Waals surface area contributed by atoms with Crippen LogP contribution in [0.4, 0.5) is 0 Å². The molecule has 1 rings (SSSR count). The fourth-order valence-electron chi connectivity index (χ4n) is 1.64. The van der Waals surface area contributed by atoms with E-state index in [4.69, 9.17) is 5.73 Å². The fraction of sp³-hybridized carbons (Fsp3) is 0.667. The molecule has 0 fully saturated rings. The second-order valence-corrected chi connectivity index (χ2v) is 9.89. The summed E-state index contributed by atoms with van der Waals surface area (Å²) in [6, 6.07) is 3.40. The highest BCUT2D eigenvalue weighted by atomic mass is 79.9. The third-order valence-corrected chi connectivity index (χ3v) is 6.71. The summed E-state index contributed by atoms with van der Waals surface area (Å²) in [6.07, 6.45) is 0.784. The van der Waals surface area contributed by atoms with Crippen molar-refractivity contribution in [3.05, 3.63) is 15.9 Å². The standard InChI is InChI=1S/C12H21BrN2O2S2/c1-4-7-15(9-12(2,3)8-14)19(16,17)11-6-5-10(13)18-11/h5-6H,4,7-9,14H2,1-3H3. The van der Waals surface area contributed by atoms with Crippen LogP contribution in [0.25, 0.3) is 0 Å². The molecule has 1 heterocycles. The summed E-state index contributed by atoms with van der Waals surface area (Å²) in [4.78, 5) is 0. The molecule has 0 saturated heterocycles. The van der Waals surface area contributed by atoms with Crippen molar-refractivity contribution in [3.8, 4) is 0 Å². The van der Waals surface area contributed by atoms with Crippen molar-refractivity contribution in [2.45, 2.75) is 31.4 Å². The van der Waals surface area contributed by atoms with Crippen molar-refractivity contribution in [2.75, 3.05) is 19.6 Å². The van der Waals surface area contributed by atoms with Crippen LogP contribution < -0.4 is 5.73 Å². The smallest absolute Gasteiger partial charge is 0.252 e. The molecule has 1 aromatic heterocycles. The van der Waals surface area contributed by atoms with E-state index in [1.54, 1.807) is 12.1 Å². The molecular formula is C12H21BrN2O2S2. The monoisotopic (exact) mass is 368 g/mol. The van der Waals surface area contributed by atoms with Gasteiger partial charge in [-0.1, -0.05) is 20.8 Å². The van der Waals surface area contributed by atoms with Crippen molar-refractivity contribution < 1.29 is 8.42 Å². The summed E-state index contributed by atoms with van der Waals surface area (Å²) >= 11 is 4.54. The van der Waals surface area contributed by atoms with Crippen molar-refractivity contribution in [2.24, 2.45) is 11.1 Å². The Hall–Kier alpha value is 0.0500. The Balaban J connectivity index is 3.04. The van der Waals surface area contributed by atoms with Crippen LogP contribution in [0.1, 0.15) is 27.2 Å². The maximum absolute atomic E-state index is 12.6. The lowest BCUT2D eigenvalue weighted by Crippen LogP contribution is -2.42. The third kappa shape index (κ3) is 4.53. The lowest BCUT2D eigenvalue weighted by Gasteiger charge is -2.30. The van der Waals surface area contributed by atoms with Crippen molar-refractivity contribution in [1.29, 1.82) is 0 Å². The second kappa shape index (κ2) is 6.67. The largest absolute Gasteiger partial charge is 0.330 e. The first-order valence-corrected chi connectivity index (χ1v) is 9.23. The zero-order valence-corrected chi connectivity index (χ0v) is 14.7. The van der Waals surface area contributed by atoms with Gasteiger partial charge in [-0.25, -0.2) is 8.42 Å². The Bertz CT molecular complexity index is 512. The summed E-state index contributed by atoms with van der Waals surface area (Å²) in [5.41, 5.74) is 5.48. The van der Waals surface area contributed by atoms with E-state index in [9.17, 15) is 8.42 Å². The first-order valence-electron chi connectivity index (χ1n) is 6.18. The molecule has 1 aromatic rings. The predicted molar refractivity (Wildman–Crippen MR) is 83.9 cm³/mol. The number of nitrogens with two attached hydrogens (primary N) is 1. The summed E-state index contributed by atoms with van der Waals surface area (Å²) in [6.45, 7) is 7.35. The lowest BCUT2D eigenvalue weighted by atomic mass is 9.94. The molecule has 0 aliphatic heterocycles. The second-order valence-electron chi connectivity index (χ2n) is 5.27. The van der Waals surface area contributed by atoms with Gasteiger partial charge < -0.3 is 5.73 Å². The van der Waals surface area contributed by atoms with Gasteiger partial charge in [-0.05, 0) is 46.4 Å². The molecule has 0 atom stereocenters. The quantitative estimate of drug-likeness (QED) is 0.804. The highest BCUT2D eigenvalue weighted by Crippen LogP contribution is 2.30. The first-order chi connectivity index (χ1) is 8.73. The van der Waals surface area contributed by atoms with Crippen LogP contribution in [0, 0.1) is 5.41 Å². The molecule has 110 valence electrons. The summed E-state index contributed by atoms with van der Waals surface area (Å²) in [5.74, 6) is 0. The topological polar surface area (TPSA) is 63.4 Å². The van der Waals surface area contributed by atoms with Gasteiger partial charge >= 0.3 is 0 Å². The minimum atomic E-state index is -3.42. The fourth-order valence-corrected chi connectivity index (χ4v) is 5.52. The van der Waals surface area contributed by atoms with Crippen LogP contribution in [-0.2, 0) is 10.0 Å². The lowest BCUT2D eigenvalue weighted by molar-refractivity contribution is 0.267. The van der Waals surface area contributed by atoms with Crippen molar-refractivity contribution in [1.82, 2.24) is 4.31 Å². The molecule has 0 spiro atoms. The normalized spacial score (nSPS) is 13.2. The number of hydrogen-bond donors (Lipinski definition) is 1. The van der Waals surface area contributed by atoms with Gasteiger partial charge in [0.2, 0.25) is 0 Å². The molecule has 0 amide bonds. The molecule has 0 aromatic carbocycles. The average Bonchev–Trinajstić information content (AvgIpc) is 2.76. The number of nitrogens with zero attached hydrogens (tertiary/aromatic N) is 1. The van der Waals surface area contributed by atoms with E-state index in [1.807, 2.05) is 20.8 Å².